The van der Waals surface area contributed by atoms with Crippen LogP contribution in [0.4, 0.5) is 4.79 Å². The summed E-state index contributed by atoms with van der Waals surface area (Å²) in [7, 11) is 0. The van der Waals surface area contributed by atoms with Gasteiger partial charge in [0.05, 0.1) is 17.6 Å². The summed E-state index contributed by atoms with van der Waals surface area (Å²) in [5, 5.41) is 14.5. The second-order valence-corrected chi connectivity index (χ2v) is 9.98. The first-order valence-corrected chi connectivity index (χ1v) is 11.3. The van der Waals surface area contributed by atoms with Gasteiger partial charge in [-0.05, 0) is 55.9 Å². The van der Waals surface area contributed by atoms with Crippen molar-refractivity contribution in [2.45, 2.75) is 58.0 Å². The van der Waals surface area contributed by atoms with E-state index in [1.165, 1.54) is 11.1 Å². The molecule has 2 aliphatic rings. The number of fused-ring (bicyclic) bond motifs is 5. The van der Waals surface area contributed by atoms with E-state index in [1.54, 1.807) is 4.90 Å². The standard InChI is InChI=1S/C24H30N6O2/c1-13(2)26-23(32)30-8-7-16(12-30)27-22(31)14-5-6-18-17(9-14)19-21(28-18)20-15(11-25-29-20)10-24(19,3)4/h5-6,9,11,13,16,28H,7-8,10,12H2,1-4H3,(H,25,29)(H,26,32)(H,27,31). The number of likely N-dealkylation sites (tertiary alicyclic amines) is 1. The van der Waals surface area contributed by atoms with Crippen LogP contribution in [-0.4, -0.2) is 57.2 Å². The molecule has 32 heavy (non-hydrogen) atoms. The number of amides is 3. The highest BCUT2D eigenvalue weighted by molar-refractivity contribution is 6.01. The predicted octanol–water partition coefficient (Wildman–Crippen LogP) is 3.31. The Balaban J connectivity index is 1.38. The van der Waals surface area contributed by atoms with Crippen LogP contribution in [0, 0.1) is 0 Å². The molecule has 1 aromatic carbocycles. The van der Waals surface area contributed by atoms with Crippen molar-refractivity contribution in [3.8, 4) is 11.4 Å². The van der Waals surface area contributed by atoms with Crippen LogP contribution in [0.1, 0.15) is 55.6 Å². The minimum Gasteiger partial charge on any atom is -0.353 e. The van der Waals surface area contributed by atoms with Crippen molar-refractivity contribution in [3.63, 3.8) is 0 Å². The molecule has 3 heterocycles. The van der Waals surface area contributed by atoms with Crippen LogP contribution in [0.3, 0.4) is 0 Å². The van der Waals surface area contributed by atoms with Crippen molar-refractivity contribution < 1.29 is 9.59 Å². The maximum Gasteiger partial charge on any atom is 0.317 e. The first-order chi connectivity index (χ1) is 15.2. The van der Waals surface area contributed by atoms with Gasteiger partial charge in [-0.2, -0.15) is 5.10 Å². The van der Waals surface area contributed by atoms with Gasteiger partial charge in [-0.1, -0.05) is 13.8 Å². The summed E-state index contributed by atoms with van der Waals surface area (Å²) < 4.78 is 0. The van der Waals surface area contributed by atoms with Crippen LogP contribution in [-0.2, 0) is 11.8 Å². The van der Waals surface area contributed by atoms with E-state index >= 15 is 0 Å². The Labute approximate surface area is 187 Å². The van der Waals surface area contributed by atoms with Crippen LogP contribution < -0.4 is 10.6 Å². The summed E-state index contributed by atoms with van der Waals surface area (Å²) >= 11 is 0. The second kappa shape index (κ2) is 7.39. The van der Waals surface area contributed by atoms with E-state index in [-0.39, 0.29) is 29.4 Å². The quantitative estimate of drug-likeness (QED) is 0.508. The minimum atomic E-state index is -0.103. The van der Waals surface area contributed by atoms with Gasteiger partial charge in [0.25, 0.3) is 5.91 Å². The van der Waals surface area contributed by atoms with Gasteiger partial charge < -0.3 is 20.5 Å². The summed E-state index contributed by atoms with van der Waals surface area (Å²) in [4.78, 5) is 30.6. The molecule has 0 saturated carbocycles. The van der Waals surface area contributed by atoms with E-state index in [0.717, 1.165) is 35.1 Å². The fourth-order valence-corrected chi connectivity index (χ4v) is 5.12. The molecule has 1 aliphatic carbocycles. The van der Waals surface area contributed by atoms with Crippen molar-refractivity contribution in [1.82, 2.24) is 30.7 Å². The zero-order valence-corrected chi connectivity index (χ0v) is 19.0. The van der Waals surface area contributed by atoms with Crippen molar-refractivity contribution in [1.29, 1.82) is 0 Å². The van der Waals surface area contributed by atoms with Crippen molar-refractivity contribution in [2.24, 2.45) is 0 Å². The van der Waals surface area contributed by atoms with Crippen LogP contribution in [0.2, 0.25) is 0 Å². The molecule has 4 N–H and O–H groups in total. The van der Waals surface area contributed by atoms with Gasteiger partial charge in [0.1, 0.15) is 0 Å². The zero-order valence-electron chi connectivity index (χ0n) is 19.0. The Kier molecular flexibility index (Phi) is 4.76. The normalized spacial score (nSPS) is 19.2. The number of nitrogens with zero attached hydrogens (tertiary/aromatic N) is 2. The molecule has 1 fully saturated rings. The van der Waals surface area contributed by atoms with Gasteiger partial charge in [-0.25, -0.2) is 4.79 Å². The molecule has 1 atom stereocenters. The first-order valence-electron chi connectivity index (χ1n) is 11.3. The number of rotatable bonds is 3. The molecular formula is C24H30N6O2. The maximum atomic E-state index is 13.1. The summed E-state index contributed by atoms with van der Waals surface area (Å²) in [6.07, 6.45) is 3.55. The summed E-state index contributed by atoms with van der Waals surface area (Å²) in [5.41, 5.74) is 6.09. The average Bonchev–Trinajstić information content (AvgIpc) is 3.44. The lowest BCUT2D eigenvalue weighted by Gasteiger charge is -2.30. The Morgan fingerprint density at radius 1 is 1.25 bits per heavy atom. The molecule has 0 radical (unpaired) electrons. The lowest BCUT2D eigenvalue weighted by atomic mass is 9.73. The third-order valence-electron chi connectivity index (χ3n) is 6.56. The molecule has 168 valence electrons. The number of hydrogen-bond donors (Lipinski definition) is 4. The lowest BCUT2D eigenvalue weighted by molar-refractivity contribution is 0.0938. The minimum absolute atomic E-state index is 0.0414. The van der Waals surface area contributed by atoms with E-state index in [4.69, 9.17) is 0 Å². The topological polar surface area (TPSA) is 106 Å². The molecule has 0 spiro atoms. The largest absolute Gasteiger partial charge is 0.353 e. The molecule has 8 nitrogen and oxygen atoms in total. The number of nitrogens with one attached hydrogen (secondary N) is 4. The Morgan fingerprint density at radius 2 is 2.06 bits per heavy atom. The molecule has 1 saturated heterocycles. The number of urea groups is 1. The molecule has 3 amide bonds. The summed E-state index contributed by atoms with van der Waals surface area (Å²) in [6.45, 7) is 9.53. The fourth-order valence-electron chi connectivity index (χ4n) is 5.12. The highest BCUT2D eigenvalue weighted by Gasteiger charge is 2.35. The van der Waals surface area contributed by atoms with Crippen LogP contribution in [0.5, 0.6) is 0 Å². The van der Waals surface area contributed by atoms with E-state index in [0.29, 0.717) is 18.7 Å². The van der Waals surface area contributed by atoms with Gasteiger partial charge in [-0.3, -0.25) is 9.89 Å². The maximum absolute atomic E-state index is 13.1. The molecule has 5 rings (SSSR count). The number of aromatic nitrogens is 3. The summed E-state index contributed by atoms with van der Waals surface area (Å²) in [6, 6.07) is 5.81. The number of aromatic amines is 2. The van der Waals surface area contributed by atoms with Crippen LogP contribution in [0.25, 0.3) is 22.3 Å². The van der Waals surface area contributed by atoms with Gasteiger partial charge in [0, 0.05) is 47.2 Å². The number of hydrogen-bond acceptors (Lipinski definition) is 3. The first kappa shape index (κ1) is 20.6. The average molecular weight is 435 g/mol. The highest BCUT2D eigenvalue weighted by Crippen LogP contribution is 2.45. The number of benzene rings is 1. The molecule has 1 aliphatic heterocycles. The predicted molar refractivity (Wildman–Crippen MR) is 124 cm³/mol. The van der Waals surface area contributed by atoms with Gasteiger partial charge in [0.2, 0.25) is 0 Å². The van der Waals surface area contributed by atoms with E-state index in [2.05, 4.69) is 39.7 Å². The molecule has 0 bridgehead atoms. The van der Waals surface area contributed by atoms with E-state index < -0.39 is 0 Å². The van der Waals surface area contributed by atoms with Gasteiger partial charge in [-0.15, -0.1) is 0 Å². The van der Waals surface area contributed by atoms with Gasteiger partial charge in [0.15, 0.2) is 0 Å². The molecule has 3 aromatic rings. The van der Waals surface area contributed by atoms with Crippen LogP contribution >= 0.6 is 0 Å². The number of H-pyrrole nitrogens is 2. The SMILES string of the molecule is CC(C)NC(=O)N1CCC(NC(=O)c2ccc3[nH]c4c(c3c2)C(C)(C)Cc2cn[nH]c2-4)C1. The molecule has 8 heteroatoms. The molecule has 2 aromatic heterocycles. The molecular weight excluding hydrogens is 404 g/mol. The van der Waals surface area contributed by atoms with Crippen LogP contribution in [0.15, 0.2) is 24.4 Å². The smallest absolute Gasteiger partial charge is 0.317 e. The lowest BCUT2D eigenvalue weighted by Crippen LogP contribution is -2.44. The monoisotopic (exact) mass is 434 g/mol. The Hall–Kier alpha value is -3.29. The second-order valence-electron chi connectivity index (χ2n) is 9.98. The Bertz CT molecular complexity index is 1200. The number of carbonyl (C=O) groups excluding carboxylic acids is 2. The van der Waals surface area contributed by atoms with Crippen molar-refractivity contribution in [2.75, 3.05) is 13.1 Å². The number of carbonyl (C=O) groups is 2. The Morgan fingerprint density at radius 3 is 2.84 bits per heavy atom. The third-order valence-corrected chi connectivity index (χ3v) is 6.56. The molecule has 1 unspecified atom stereocenters. The zero-order chi connectivity index (χ0) is 22.6. The highest BCUT2D eigenvalue weighted by atomic mass is 16.2. The van der Waals surface area contributed by atoms with Gasteiger partial charge >= 0.3 is 6.03 Å². The summed E-state index contributed by atoms with van der Waals surface area (Å²) in [5.74, 6) is -0.103. The van der Waals surface area contributed by atoms with Crippen molar-refractivity contribution >= 4 is 22.8 Å². The van der Waals surface area contributed by atoms with E-state index in [1.807, 2.05) is 38.2 Å². The van der Waals surface area contributed by atoms with E-state index in [9.17, 15) is 9.59 Å². The fraction of sp³-hybridized carbons (Fsp3) is 0.458. The third kappa shape index (κ3) is 3.43. The van der Waals surface area contributed by atoms with Crippen molar-refractivity contribution in [3.05, 3.63) is 41.1 Å².